The number of benzene rings is 1. The molecule has 1 aromatic rings. The lowest BCUT2D eigenvalue weighted by Gasteiger charge is -2.20. The van der Waals surface area contributed by atoms with Gasteiger partial charge in [0, 0.05) is 12.2 Å². The quantitative estimate of drug-likeness (QED) is 0.576. The van der Waals surface area contributed by atoms with Gasteiger partial charge < -0.3 is 4.90 Å². The molecule has 63 valence electrons. The van der Waals surface area contributed by atoms with E-state index in [2.05, 4.69) is 6.07 Å². The predicted octanol–water partition coefficient (Wildman–Crippen LogP) is 2.38. The molecule has 0 saturated carbocycles. The smallest absolute Gasteiger partial charge is 0.172 e. The first-order valence-electron chi connectivity index (χ1n) is 4.25. The Balaban J connectivity index is 2.19. The molecule has 2 rings (SSSR count). The molecule has 1 saturated heterocycles. The van der Waals surface area contributed by atoms with Crippen molar-refractivity contribution in [1.82, 2.24) is 0 Å². The molecular weight excluding hydrogens is 153 g/mol. The van der Waals surface area contributed by atoms with Gasteiger partial charge in [-0.3, -0.25) is 0 Å². The molecule has 0 N–H and O–H groups in total. The summed E-state index contributed by atoms with van der Waals surface area (Å²) in [6.07, 6.45) is 0.839. The second kappa shape index (κ2) is 3.13. The highest BCUT2D eigenvalue weighted by molar-refractivity contribution is 5.47. The second-order valence-electron chi connectivity index (χ2n) is 3.03. The van der Waals surface area contributed by atoms with Crippen LogP contribution in [0.15, 0.2) is 24.3 Å². The third-order valence-corrected chi connectivity index (χ3v) is 2.21. The van der Waals surface area contributed by atoms with Crippen molar-refractivity contribution in [3.8, 4) is 0 Å². The van der Waals surface area contributed by atoms with Gasteiger partial charge in [0.1, 0.15) is 0 Å². The molecule has 1 radical (unpaired) electrons. The van der Waals surface area contributed by atoms with Gasteiger partial charge in [-0.05, 0) is 31.0 Å². The Morgan fingerprint density at radius 1 is 1.42 bits per heavy atom. The van der Waals surface area contributed by atoms with Crippen LogP contribution >= 0.6 is 0 Å². The molecular formula is C10H11FN. The van der Waals surface area contributed by atoms with E-state index in [1.165, 1.54) is 0 Å². The number of hydrogen-bond donors (Lipinski definition) is 0. The second-order valence-corrected chi connectivity index (χ2v) is 3.03. The summed E-state index contributed by atoms with van der Waals surface area (Å²) in [6.45, 7) is 0.838. The SMILES string of the molecule is F[C@@H]1CCCN1c1cc[c]cc1. The summed E-state index contributed by atoms with van der Waals surface area (Å²) in [5, 5.41) is 0. The number of alkyl halides is 1. The van der Waals surface area contributed by atoms with Gasteiger partial charge in [0.2, 0.25) is 0 Å². The maximum absolute atomic E-state index is 13.2. The lowest BCUT2D eigenvalue weighted by atomic mass is 10.3. The van der Waals surface area contributed by atoms with Crippen LogP contribution in [0.25, 0.3) is 0 Å². The molecule has 1 aromatic carbocycles. The lowest BCUT2D eigenvalue weighted by Crippen LogP contribution is -2.24. The van der Waals surface area contributed by atoms with Gasteiger partial charge >= 0.3 is 0 Å². The zero-order valence-electron chi connectivity index (χ0n) is 6.83. The summed E-state index contributed by atoms with van der Waals surface area (Å²) in [7, 11) is 0. The molecule has 1 heterocycles. The molecule has 0 bridgehead atoms. The van der Waals surface area contributed by atoms with Gasteiger partial charge in [-0.25, -0.2) is 4.39 Å². The average Bonchev–Trinajstić information content (AvgIpc) is 2.53. The van der Waals surface area contributed by atoms with E-state index in [9.17, 15) is 4.39 Å². The van der Waals surface area contributed by atoms with E-state index in [1.807, 2.05) is 24.3 Å². The van der Waals surface area contributed by atoms with Gasteiger partial charge in [-0.2, -0.15) is 0 Å². The first kappa shape index (κ1) is 7.59. The van der Waals surface area contributed by atoms with Crippen molar-refractivity contribution < 1.29 is 4.39 Å². The van der Waals surface area contributed by atoms with Crippen molar-refractivity contribution in [2.75, 3.05) is 11.4 Å². The summed E-state index contributed by atoms with van der Waals surface area (Å²) in [4.78, 5) is 1.80. The monoisotopic (exact) mass is 164 g/mol. The number of anilines is 1. The van der Waals surface area contributed by atoms with Crippen LogP contribution in [-0.4, -0.2) is 12.8 Å². The molecule has 12 heavy (non-hydrogen) atoms. The number of hydrogen-bond acceptors (Lipinski definition) is 1. The van der Waals surface area contributed by atoms with Crippen molar-refractivity contribution in [2.24, 2.45) is 0 Å². The third-order valence-electron chi connectivity index (χ3n) is 2.21. The first-order chi connectivity index (χ1) is 5.88. The van der Waals surface area contributed by atoms with Crippen molar-refractivity contribution in [3.05, 3.63) is 30.3 Å². The minimum atomic E-state index is -0.785. The van der Waals surface area contributed by atoms with Crippen LogP contribution in [-0.2, 0) is 0 Å². The molecule has 0 aromatic heterocycles. The van der Waals surface area contributed by atoms with E-state index in [4.69, 9.17) is 0 Å². The highest BCUT2D eigenvalue weighted by Gasteiger charge is 2.23. The molecule has 1 aliphatic heterocycles. The van der Waals surface area contributed by atoms with Crippen molar-refractivity contribution in [1.29, 1.82) is 0 Å². The number of nitrogens with zero attached hydrogens (tertiary/aromatic N) is 1. The van der Waals surface area contributed by atoms with E-state index >= 15 is 0 Å². The van der Waals surface area contributed by atoms with Gasteiger partial charge in [0.25, 0.3) is 0 Å². The van der Waals surface area contributed by atoms with Crippen LogP contribution in [0.4, 0.5) is 10.1 Å². The van der Waals surface area contributed by atoms with Gasteiger partial charge in [0.15, 0.2) is 6.30 Å². The predicted molar refractivity (Wildman–Crippen MR) is 46.8 cm³/mol. The fourth-order valence-electron chi connectivity index (χ4n) is 1.59. The Bertz CT molecular complexity index is 247. The average molecular weight is 164 g/mol. The van der Waals surface area contributed by atoms with E-state index in [-0.39, 0.29) is 0 Å². The molecule has 1 atom stereocenters. The molecule has 0 amide bonds. The zero-order valence-corrected chi connectivity index (χ0v) is 6.83. The van der Waals surface area contributed by atoms with E-state index in [1.54, 1.807) is 4.90 Å². The van der Waals surface area contributed by atoms with Crippen LogP contribution in [0.1, 0.15) is 12.8 Å². The summed E-state index contributed by atoms with van der Waals surface area (Å²) in [5.74, 6) is 0. The number of rotatable bonds is 1. The molecule has 2 heteroatoms. The van der Waals surface area contributed by atoms with Crippen LogP contribution in [0, 0.1) is 6.07 Å². The van der Waals surface area contributed by atoms with Gasteiger partial charge in [-0.15, -0.1) is 0 Å². The molecule has 1 aliphatic rings. The molecule has 1 fully saturated rings. The summed E-state index contributed by atoms with van der Waals surface area (Å²) in [6, 6.07) is 10.4. The van der Waals surface area contributed by atoms with E-state index in [0.29, 0.717) is 6.42 Å². The standard InChI is InChI=1S/C10H11FN/c11-10-7-4-8-12(10)9-5-2-1-3-6-9/h2-3,5-6,10H,4,7-8H2/t10-/m0/s1. The third kappa shape index (κ3) is 1.29. The minimum Gasteiger partial charge on any atom is -0.342 e. The topological polar surface area (TPSA) is 3.24 Å². The maximum Gasteiger partial charge on any atom is 0.172 e. The minimum absolute atomic E-state index is 0.665. The fourth-order valence-corrected chi connectivity index (χ4v) is 1.59. The Kier molecular flexibility index (Phi) is 1.98. The Morgan fingerprint density at radius 2 is 2.17 bits per heavy atom. The maximum atomic E-state index is 13.2. The lowest BCUT2D eigenvalue weighted by molar-refractivity contribution is 0.345. The van der Waals surface area contributed by atoms with Crippen molar-refractivity contribution in [3.63, 3.8) is 0 Å². The fraction of sp³-hybridized carbons (Fsp3) is 0.400. The summed E-state index contributed by atoms with van der Waals surface area (Å²) < 4.78 is 13.2. The first-order valence-corrected chi connectivity index (χ1v) is 4.25. The largest absolute Gasteiger partial charge is 0.342 e. The Labute approximate surface area is 71.8 Å². The Morgan fingerprint density at radius 3 is 2.75 bits per heavy atom. The van der Waals surface area contributed by atoms with Crippen molar-refractivity contribution in [2.45, 2.75) is 19.1 Å². The Hall–Kier alpha value is -1.05. The van der Waals surface area contributed by atoms with Crippen LogP contribution in [0.2, 0.25) is 0 Å². The number of halogens is 1. The zero-order chi connectivity index (χ0) is 8.39. The molecule has 1 nitrogen and oxygen atoms in total. The molecule has 0 unspecified atom stereocenters. The van der Waals surface area contributed by atoms with Gasteiger partial charge in [-0.1, -0.05) is 12.1 Å². The van der Waals surface area contributed by atoms with Gasteiger partial charge in [0.05, 0.1) is 0 Å². The van der Waals surface area contributed by atoms with Crippen LogP contribution in [0.3, 0.4) is 0 Å². The highest BCUT2D eigenvalue weighted by Crippen LogP contribution is 2.25. The summed E-state index contributed by atoms with van der Waals surface area (Å²) >= 11 is 0. The normalized spacial score (nSPS) is 23.1. The molecule has 0 spiro atoms. The van der Waals surface area contributed by atoms with Crippen molar-refractivity contribution >= 4 is 5.69 Å². The van der Waals surface area contributed by atoms with Crippen LogP contribution < -0.4 is 4.90 Å². The van der Waals surface area contributed by atoms with E-state index < -0.39 is 6.30 Å². The van der Waals surface area contributed by atoms with Crippen LogP contribution in [0.5, 0.6) is 0 Å². The van der Waals surface area contributed by atoms with E-state index in [0.717, 1.165) is 18.7 Å². The highest BCUT2D eigenvalue weighted by atomic mass is 19.1. The molecule has 0 aliphatic carbocycles. The summed E-state index contributed by atoms with van der Waals surface area (Å²) in [5.41, 5.74) is 0.971.